The maximum atomic E-state index is 12.6. The van der Waals surface area contributed by atoms with Gasteiger partial charge in [0.1, 0.15) is 5.82 Å². The van der Waals surface area contributed by atoms with Crippen LogP contribution in [0.5, 0.6) is 11.5 Å². The molecule has 0 atom stereocenters. The number of amides is 2. The van der Waals surface area contributed by atoms with E-state index in [2.05, 4.69) is 20.9 Å². The number of ether oxygens (including phenoxy) is 2. The third-order valence-electron chi connectivity index (χ3n) is 4.81. The van der Waals surface area contributed by atoms with Crippen molar-refractivity contribution in [3.05, 3.63) is 69.8 Å². The Labute approximate surface area is 213 Å². The van der Waals surface area contributed by atoms with Crippen LogP contribution in [-0.2, 0) is 9.59 Å². The Hall–Kier alpha value is -3.75. The summed E-state index contributed by atoms with van der Waals surface area (Å²) in [5.41, 5.74) is 2.95. The predicted octanol–water partition coefficient (Wildman–Crippen LogP) is 6.07. The Kier molecular flexibility index (Phi) is 8.57. The van der Waals surface area contributed by atoms with E-state index in [1.807, 2.05) is 19.1 Å². The molecule has 8 nitrogen and oxygen atoms in total. The zero-order chi connectivity index (χ0) is 25.5. The SMILES string of the molecule is COc1cc(Nc2ncccc2/C=C/C(=O)Nc2cc(Cl)c(Cl)cc2NC(C)=O)cc(C)c1OC. The van der Waals surface area contributed by atoms with Crippen molar-refractivity contribution in [3.8, 4) is 11.5 Å². The molecule has 0 unspecified atom stereocenters. The minimum atomic E-state index is -0.438. The number of carbonyl (C=O) groups excluding carboxylic acids is 2. The summed E-state index contributed by atoms with van der Waals surface area (Å²) in [5, 5.41) is 9.06. The van der Waals surface area contributed by atoms with Gasteiger partial charge in [0.25, 0.3) is 0 Å². The third-order valence-corrected chi connectivity index (χ3v) is 5.53. The Morgan fingerprint density at radius 3 is 2.31 bits per heavy atom. The highest BCUT2D eigenvalue weighted by molar-refractivity contribution is 6.42. The first-order valence-electron chi connectivity index (χ1n) is 10.4. The second-order valence-corrected chi connectivity index (χ2v) is 8.22. The van der Waals surface area contributed by atoms with Gasteiger partial charge in [0, 0.05) is 36.5 Å². The lowest BCUT2D eigenvalue weighted by Gasteiger charge is -2.14. The Morgan fingerprint density at radius 2 is 1.69 bits per heavy atom. The van der Waals surface area contributed by atoms with Crippen molar-refractivity contribution in [2.24, 2.45) is 0 Å². The van der Waals surface area contributed by atoms with Crippen LogP contribution in [0.3, 0.4) is 0 Å². The van der Waals surface area contributed by atoms with Crippen molar-refractivity contribution < 1.29 is 19.1 Å². The van der Waals surface area contributed by atoms with Crippen LogP contribution in [0.4, 0.5) is 22.9 Å². The van der Waals surface area contributed by atoms with E-state index in [1.165, 1.54) is 25.1 Å². The highest BCUT2D eigenvalue weighted by atomic mass is 35.5. The van der Waals surface area contributed by atoms with Crippen LogP contribution in [0, 0.1) is 6.92 Å². The molecule has 0 aliphatic carbocycles. The number of nitrogens with one attached hydrogen (secondary N) is 3. The van der Waals surface area contributed by atoms with E-state index in [1.54, 1.807) is 38.6 Å². The fraction of sp³-hybridized carbons (Fsp3) is 0.160. The summed E-state index contributed by atoms with van der Waals surface area (Å²) in [6, 6.07) is 10.2. The summed E-state index contributed by atoms with van der Waals surface area (Å²) in [6.07, 6.45) is 4.61. The molecule has 1 heterocycles. The van der Waals surface area contributed by atoms with Crippen LogP contribution in [-0.4, -0.2) is 31.0 Å². The maximum Gasteiger partial charge on any atom is 0.248 e. The number of hydrogen-bond donors (Lipinski definition) is 3. The number of methoxy groups -OCH3 is 2. The van der Waals surface area contributed by atoms with Crippen LogP contribution in [0.1, 0.15) is 18.1 Å². The van der Waals surface area contributed by atoms with Crippen molar-refractivity contribution >= 4 is 64.0 Å². The van der Waals surface area contributed by atoms with Gasteiger partial charge in [0.2, 0.25) is 11.8 Å². The number of carbonyl (C=O) groups is 2. The zero-order valence-electron chi connectivity index (χ0n) is 19.5. The lowest BCUT2D eigenvalue weighted by atomic mass is 10.1. The smallest absolute Gasteiger partial charge is 0.248 e. The van der Waals surface area contributed by atoms with Gasteiger partial charge in [-0.3, -0.25) is 9.59 Å². The monoisotopic (exact) mass is 514 g/mol. The fourth-order valence-corrected chi connectivity index (χ4v) is 3.63. The summed E-state index contributed by atoms with van der Waals surface area (Å²) >= 11 is 12.1. The van der Waals surface area contributed by atoms with Gasteiger partial charge in [0.15, 0.2) is 11.5 Å². The topological polar surface area (TPSA) is 102 Å². The van der Waals surface area contributed by atoms with E-state index in [0.29, 0.717) is 34.3 Å². The van der Waals surface area contributed by atoms with Gasteiger partial charge < -0.3 is 25.4 Å². The molecule has 0 fully saturated rings. The normalized spacial score (nSPS) is 10.7. The number of aromatic nitrogens is 1. The Bertz CT molecular complexity index is 1290. The standard InChI is InChI=1S/C25H24Cl2N4O4/c1-14-10-17(11-22(34-3)24(14)35-4)30-25-16(6-5-9-28-25)7-8-23(33)31-21-13-19(27)18(26)12-20(21)29-15(2)32/h5-13H,1-4H3,(H,28,30)(H,29,32)(H,31,33)/b8-7+. The average Bonchev–Trinajstić information content (AvgIpc) is 2.81. The second kappa shape index (κ2) is 11.6. The molecule has 3 N–H and O–H groups in total. The maximum absolute atomic E-state index is 12.6. The molecular formula is C25H24Cl2N4O4. The molecule has 2 amide bonds. The van der Waals surface area contributed by atoms with E-state index in [-0.39, 0.29) is 16.0 Å². The Balaban J connectivity index is 1.82. The number of nitrogens with zero attached hydrogens (tertiary/aromatic N) is 1. The van der Waals surface area contributed by atoms with Crippen molar-refractivity contribution in [2.45, 2.75) is 13.8 Å². The van der Waals surface area contributed by atoms with Gasteiger partial charge in [-0.2, -0.15) is 0 Å². The van der Waals surface area contributed by atoms with Crippen molar-refractivity contribution in [1.29, 1.82) is 0 Å². The number of benzene rings is 2. The van der Waals surface area contributed by atoms with Gasteiger partial charge >= 0.3 is 0 Å². The fourth-order valence-electron chi connectivity index (χ4n) is 3.30. The molecular weight excluding hydrogens is 491 g/mol. The summed E-state index contributed by atoms with van der Waals surface area (Å²) in [5.74, 6) is 1.02. The first kappa shape index (κ1) is 25.9. The van der Waals surface area contributed by atoms with Crippen LogP contribution >= 0.6 is 23.2 Å². The Morgan fingerprint density at radius 1 is 1.00 bits per heavy atom. The van der Waals surface area contributed by atoms with Crippen LogP contribution < -0.4 is 25.4 Å². The van der Waals surface area contributed by atoms with Crippen LogP contribution in [0.15, 0.2) is 48.7 Å². The first-order chi connectivity index (χ1) is 16.7. The quantitative estimate of drug-likeness (QED) is 0.315. The number of pyridine rings is 1. The van der Waals surface area contributed by atoms with Gasteiger partial charge in [-0.25, -0.2) is 4.98 Å². The number of anilines is 4. The van der Waals surface area contributed by atoms with E-state index in [4.69, 9.17) is 32.7 Å². The largest absolute Gasteiger partial charge is 0.493 e. The summed E-state index contributed by atoms with van der Waals surface area (Å²) in [6.45, 7) is 3.26. The highest BCUT2D eigenvalue weighted by Gasteiger charge is 2.12. The summed E-state index contributed by atoms with van der Waals surface area (Å²) < 4.78 is 10.8. The van der Waals surface area contributed by atoms with E-state index in [9.17, 15) is 9.59 Å². The molecule has 0 spiro atoms. The van der Waals surface area contributed by atoms with Crippen LogP contribution in [0.2, 0.25) is 10.0 Å². The van der Waals surface area contributed by atoms with E-state index < -0.39 is 5.91 Å². The van der Waals surface area contributed by atoms with Gasteiger partial charge in [0.05, 0.1) is 35.6 Å². The molecule has 3 rings (SSSR count). The van der Waals surface area contributed by atoms with Crippen molar-refractivity contribution in [2.75, 3.05) is 30.2 Å². The number of halogens is 2. The summed E-state index contributed by atoms with van der Waals surface area (Å²) in [7, 11) is 3.15. The minimum absolute atomic E-state index is 0.240. The predicted molar refractivity (Wildman–Crippen MR) is 140 cm³/mol. The van der Waals surface area contributed by atoms with E-state index in [0.717, 1.165) is 11.3 Å². The zero-order valence-corrected chi connectivity index (χ0v) is 21.0. The second-order valence-electron chi connectivity index (χ2n) is 7.41. The molecule has 10 heteroatoms. The number of hydrogen-bond acceptors (Lipinski definition) is 6. The molecule has 35 heavy (non-hydrogen) atoms. The average molecular weight is 515 g/mol. The third kappa shape index (κ3) is 6.65. The number of aryl methyl sites for hydroxylation is 1. The molecule has 0 saturated heterocycles. The molecule has 0 aliphatic heterocycles. The lowest BCUT2D eigenvalue weighted by molar-refractivity contribution is -0.114. The van der Waals surface area contributed by atoms with Gasteiger partial charge in [-0.05, 0) is 48.9 Å². The highest BCUT2D eigenvalue weighted by Crippen LogP contribution is 2.35. The first-order valence-corrected chi connectivity index (χ1v) is 11.2. The molecule has 182 valence electrons. The molecule has 2 aromatic carbocycles. The lowest BCUT2D eigenvalue weighted by Crippen LogP contribution is -2.13. The molecule has 0 bridgehead atoms. The molecule has 0 radical (unpaired) electrons. The minimum Gasteiger partial charge on any atom is -0.493 e. The van der Waals surface area contributed by atoms with Crippen LogP contribution in [0.25, 0.3) is 6.08 Å². The van der Waals surface area contributed by atoms with Crippen molar-refractivity contribution in [1.82, 2.24) is 4.98 Å². The summed E-state index contributed by atoms with van der Waals surface area (Å²) in [4.78, 5) is 28.5. The van der Waals surface area contributed by atoms with Gasteiger partial charge in [-0.15, -0.1) is 0 Å². The van der Waals surface area contributed by atoms with E-state index >= 15 is 0 Å². The molecule has 0 saturated carbocycles. The number of rotatable bonds is 8. The molecule has 3 aromatic rings. The van der Waals surface area contributed by atoms with Gasteiger partial charge in [-0.1, -0.05) is 23.2 Å². The molecule has 0 aliphatic rings. The molecule has 1 aromatic heterocycles. The van der Waals surface area contributed by atoms with Crippen molar-refractivity contribution in [3.63, 3.8) is 0 Å².